The van der Waals surface area contributed by atoms with Gasteiger partial charge in [-0.05, 0) is 58.0 Å². The summed E-state index contributed by atoms with van der Waals surface area (Å²) in [6, 6.07) is 74.2. The maximum absolute atomic E-state index is 5.42. The minimum absolute atomic E-state index is 0.568. The SMILES string of the molecule is Cc1ccc2c(c1)c1ccccc1n2-c1nc(-c2cccc([Si](c3ccccc3)(c3ccccc3)c3ccccc3)c2)nc(-n2c3ccccc3c3ccccc32)n1. The highest BCUT2D eigenvalue weighted by Crippen LogP contribution is 2.34. The van der Waals surface area contributed by atoms with E-state index in [0.717, 1.165) is 43.8 Å². The van der Waals surface area contributed by atoms with Crippen LogP contribution in [0.25, 0.3) is 66.9 Å². The smallest absolute Gasteiger partial charge is 0.240 e. The van der Waals surface area contributed by atoms with Crippen molar-refractivity contribution >= 4 is 72.4 Å². The molecule has 5 nitrogen and oxygen atoms in total. The van der Waals surface area contributed by atoms with E-state index >= 15 is 0 Å². The van der Waals surface area contributed by atoms with E-state index in [2.05, 4.69) is 222 Å². The minimum atomic E-state index is -2.83. The van der Waals surface area contributed by atoms with Gasteiger partial charge in [-0.1, -0.05) is 181 Å². The van der Waals surface area contributed by atoms with Gasteiger partial charge in [-0.15, -0.1) is 0 Å². The first kappa shape index (κ1) is 33.9. The van der Waals surface area contributed by atoms with E-state index in [0.29, 0.717) is 17.7 Å². The summed E-state index contributed by atoms with van der Waals surface area (Å²) in [5.74, 6) is 1.75. The van der Waals surface area contributed by atoms with Crippen molar-refractivity contribution in [3.05, 3.63) is 212 Å². The van der Waals surface area contributed by atoms with Crippen LogP contribution in [0.5, 0.6) is 0 Å². The van der Waals surface area contributed by atoms with E-state index in [-0.39, 0.29) is 0 Å². The molecule has 0 spiro atoms. The van der Waals surface area contributed by atoms with Crippen molar-refractivity contribution in [1.82, 2.24) is 24.1 Å². The van der Waals surface area contributed by atoms with E-state index in [1.54, 1.807) is 0 Å². The summed E-state index contributed by atoms with van der Waals surface area (Å²) in [4.78, 5) is 16.2. The van der Waals surface area contributed by atoms with Crippen molar-refractivity contribution in [3.63, 3.8) is 0 Å². The van der Waals surface area contributed by atoms with Crippen LogP contribution >= 0.6 is 0 Å². The third-order valence-electron chi connectivity index (χ3n) is 11.6. The van der Waals surface area contributed by atoms with Gasteiger partial charge in [0.25, 0.3) is 0 Å². The van der Waals surface area contributed by atoms with E-state index in [1.807, 2.05) is 0 Å². The van der Waals surface area contributed by atoms with Crippen LogP contribution in [0.15, 0.2) is 206 Å². The second-order valence-corrected chi connectivity index (χ2v) is 18.7. The Morgan fingerprint density at radius 3 is 1.26 bits per heavy atom. The molecule has 58 heavy (non-hydrogen) atoms. The Bertz CT molecular complexity index is 3150. The Kier molecular flexibility index (Phi) is 7.98. The number of fused-ring (bicyclic) bond motifs is 6. The normalized spacial score (nSPS) is 11.9. The number of rotatable bonds is 7. The lowest BCUT2D eigenvalue weighted by Crippen LogP contribution is -2.74. The van der Waals surface area contributed by atoms with Gasteiger partial charge in [0.05, 0.1) is 22.1 Å². The molecule has 0 saturated carbocycles. The molecule has 0 bridgehead atoms. The van der Waals surface area contributed by atoms with Gasteiger partial charge in [-0.3, -0.25) is 9.13 Å². The average molecular weight is 760 g/mol. The molecule has 3 aromatic heterocycles. The maximum Gasteiger partial charge on any atom is 0.240 e. The quantitative estimate of drug-likeness (QED) is 0.120. The lowest BCUT2D eigenvalue weighted by molar-refractivity contribution is 0.893. The van der Waals surface area contributed by atoms with Gasteiger partial charge < -0.3 is 0 Å². The average Bonchev–Trinajstić information content (AvgIpc) is 3.80. The lowest BCUT2D eigenvalue weighted by Gasteiger charge is -2.34. The van der Waals surface area contributed by atoms with Gasteiger partial charge >= 0.3 is 0 Å². The minimum Gasteiger partial charge on any atom is -0.278 e. The van der Waals surface area contributed by atoms with Gasteiger partial charge in [0.15, 0.2) is 13.9 Å². The number of nitrogens with zero attached hydrogens (tertiary/aromatic N) is 5. The molecule has 6 heteroatoms. The summed E-state index contributed by atoms with van der Waals surface area (Å²) in [7, 11) is -2.83. The fourth-order valence-electron chi connectivity index (χ4n) is 9.08. The van der Waals surface area contributed by atoms with Crippen molar-refractivity contribution in [2.24, 2.45) is 0 Å². The van der Waals surface area contributed by atoms with Gasteiger partial charge in [-0.2, -0.15) is 15.0 Å². The Hall–Kier alpha value is -7.41. The molecule has 11 aromatic rings. The third-order valence-corrected chi connectivity index (χ3v) is 16.4. The number of hydrogen-bond acceptors (Lipinski definition) is 3. The van der Waals surface area contributed by atoms with Crippen LogP contribution in [-0.4, -0.2) is 32.2 Å². The summed E-state index contributed by atoms with van der Waals surface area (Å²) in [6.07, 6.45) is 0. The molecule has 0 aliphatic rings. The molecule has 0 amide bonds. The Morgan fingerprint density at radius 2 is 0.759 bits per heavy atom. The number of para-hydroxylation sites is 3. The summed E-state index contributed by atoms with van der Waals surface area (Å²) in [6.45, 7) is 2.14. The second-order valence-electron chi connectivity index (χ2n) is 14.9. The van der Waals surface area contributed by atoms with Crippen LogP contribution in [0.4, 0.5) is 0 Å². The first-order chi connectivity index (χ1) is 28.7. The van der Waals surface area contributed by atoms with Gasteiger partial charge in [-0.25, -0.2) is 0 Å². The standard InChI is InChI=1S/C52H37N5Si/c1-36-32-33-49-45(34-36)44-28-13-16-31-48(44)57(49)52-54-50(53-51(55-52)56-46-29-14-11-26-42(46)43-27-12-15-30-47(43)56)37-18-17-25-41(35-37)58(38-19-5-2-6-20-38,39-21-7-3-8-22-39)40-23-9-4-10-24-40/h2-35H,1H3. The van der Waals surface area contributed by atoms with Crippen LogP contribution in [0, 0.1) is 6.92 Å². The molecule has 11 rings (SSSR count). The molecule has 0 aliphatic carbocycles. The Labute approximate surface area is 337 Å². The Morgan fingerprint density at radius 1 is 0.345 bits per heavy atom. The molecule has 0 atom stereocenters. The summed E-state index contributed by atoms with van der Waals surface area (Å²) < 4.78 is 4.39. The predicted octanol–water partition coefficient (Wildman–Crippen LogP) is 9.42. The topological polar surface area (TPSA) is 48.5 Å². The zero-order valence-electron chi connectivity index (χ0n) is 31.9. The maximum atomic E-state index is 5.42. The van der Waals surface area contributed by atoms with Crippen LogP contribution in [0.3, 0.4) is 0 Å². The molecule has 274 valence electrons. The zero-order chi connectivity index (χ0) is 38.6. The second kappa shape index (κ2) is 13.7. The van der Waals surface area contributed by atoms with E-state index < -0.39 is 8.07 Å². The first-order valence-corrected chi connectivity index (χ1v) is 21.7. The van der Waals surface area contributed by atoms with Crippen LogP contribution in [0.1, 0.15) is 5.56 Å². The highest BCUT2D eigenvalue weighted by molar-refractivity contribution is 7.19. The summed E-state index contributed by atoms with van der Waals surface area (Å²) in [5.41, 5.74) is 6.32. The van der Waals surface area contributed by atoms with Crippen molar-refractivity contribution < 1.29 is 0 Å². The van der Waals surface area contributed by atoms with Crippen molar-refractivity contribution in [1.29, 1.82) is 0 Å². The fourth-order valence-corrected chi connectivity index (χ4v) is 13.9. The highest BCUT2D eigenvalue weighted by atomic mass is 28.3. The van der Waals surface area contributed by atoms with Crippen molar-refractivity contribution in [2.45, 2.75) is 6.92 Å². The van der Waals surface area contributed by atoms with Gasteiger partial charge in [0.2, 0.25) is 11.9 Å². The summed E-state index contributed by atoms with van der Waals surface area (Å²) in [5, 5.41) is 9.82. The third kappa shape index (κ3) is 5.26. The molecular weight excluding hydrogens is 723 g/mol. The van der Waals surface area contributed by atoms with Crippen molar-refractivity contribution in [3.8, 4) is 23.3 Å². The van der Waals surface area contributed by atoms with E-state index in [4.69, 9.17) is 15.0 Å². The number of benzene rings is 8. The molecule has 3 heterocycles. The largest absolute Gasteiger partial charge is 0.278 e. The molecule has 0 radical (unpaired) electrons. The first-order valence-electron chi connectivity index (χ1n) is 19.7. The molecule has 0 saturated heterocycles. The number of aromatic nitrogens is 5. The molecular formula is C52H37N5Si. The monoisotopic (exact) mass is 759 g/mol. The van der Waals surface area contributed by atoms with E-state index in [1.165, 1.54) is 31.7 Å². The number of hydrogen-bond donors (Lipinski definition) is 0. The van der Waals surface area contributed by atoms with Gasteiger partial charge in [0.1, 0.15) is 0 Å². The molecule has 0 unspecified atom stereocenters. The molecule has 0 fully saturated rings. The molecule has 0 aliphatic heterocycles. The van der Waals surface area contributed by atoms with Crippen LogP contribution in [0.2, 0.25) is 0 Å². The number of aryl methyl sites for hydroxylation is 1. The Balaban J connectivity index is 1.22. The lowest BCUT2D eigenvalue weighted by atomic mass is 10.1. The van der Waals surface area contributed by atoms with Gasteiger partial charge in [0, 0.05) is 27.1 Å². The predicted molar refractivity (Wildman–Crippen MR) is 242 cm³/mol. The highest BCUT2D eigenvalue weighted by Gasteiger charge is 2.41. The zero-order valence-corrected chi connectivity index (χ0v) is 32.9. The van der Waals surface area contributed by atoms with Crippen molar-refractivity contribution in [2.75, 3.05) is 0 Å². The van der Waals surface area contributed by atoms with Crippen LogP contribution < -0.4 is 20.7 Å². The molecule has 0 N–H and O–H groups in total. The summed E-state index contributed by atoms with van der Waals surface area (Å²) >= 11 is 0. The fraction of sp³-hybridized carbons (Fsp3) is 0.0192. The van der Waals surface area contributed by atoms with E-state index in [9.17, 15) is 0 Å². The molecule has 8 aromatic carbocycles. The van der Waals surface area contributed by atoms with Crippen LogP contribution in [-0.2, 0) is 0 Å².